The topological polar surface area (TPSA) is 73.9 Å². The van der Waals surface area contributed by atoms with E-state index in [9.17, 15) is 31.4 Å². The lowest BCUT2D eigenvalue weighted by atomic mass is 9.90. The predicted octanol–water partition coefficient (Wildman–Crippen LogP) is 4.84. The predicted molar refractivity (Wildman–Crippen MR) is 103 cm³/mol. The van der Waals surface area contributed by atoms with E-state index < -0.39 is 41.9 Å². The van der Waals surface area contributed by atoms with Gasteiger partial charge in [0.1, 0.15) is 17.7 Å². The summed E-state index contributed by atoms with van der Waals surface area (Å²) in [6.07, 6.45) is -11.4. The highest BCUT2D eigenvalue weighted by atomic mass is 19.4. The first-order valence-electron chi connectivity index (χ1n) is 9.28. The van der Waals surface area contributed by atoms with Gasteiger partial charge in [0.05, 0.1) is 37.6 Å². The van der Waals surface area contributed by atoms with E-state index in [1.54, 1.807) is 12.1 Å². The number of alkyl halides is 6. The van der Waals surface area contributed by atoms with Crippen molar-refractivity contribution in [3.8, 4) is 11.5 Å². The summed E-state index contributed by atoms with van der Waals surface area (Å²) in [7, 11) is 2.82. The summed E-state index contributed by atoms with van der Waals surface area (Å²) in [6, 6.07) is 5.85. The van der Waals surface area contributed by atoms with Crippen molar-refractivity contribution < 1.29 is 45.7 Å². The van der Waals surface area contributed by atoms with Gasteiger partial charge in [0, 0.05) is 12.0 Å². The number of rotatable bonds is 8. The third-order valence-corrected chi connectivity index (χ3v) is 4.70. The molecule has 0 bridgehead atoms. The summed E-state index contributed by atoms with van der Waals surface area (Å²) < 4.78 is 93.5. The largest absolute Gasteiger partial charge is 0.497 e. The highest BCUT2D eigenvalue weighted by Gasteiger charge is 2.37. The molecule has 0 saturated heterocycles. The molecular weight excluding hydrogens is 444 g/mol. The molecule has 32 heavy (non-hydrogen) atoms. The fourth-order valence-electron chi connectivity index (χ4n) is 3.10. The molecule has 2 aromatic rings. The average molecular weight is 467 g/mol. The maximum Gasteiger partial charge on any atom is 0.416 e. The minimum atomic E-state index is -4.97. The van der Waals surface area contributed by atoms with Crippen LogP contribution in [-0.4, -0.2) is 25.6 Å². The van der Waals surface area contributed by atoms with Crippen molar-refractivity contribution in [3.05, 3.63) is 58.7 Å². The zero-order valence-corrected chi connectivity index (χ0v) is 17.5. The molecule has 2 unspecified atom stereocenters. The lowest BCUT2D eigenvalue weighted by Gasteiger charge is -2.29. The quantitative estimate of drug-likeness (QED) is 0.429. The molecule has 0 fully saturated rings. The van der Waals surface area contributed by atoms with E-state index in [2.05, 4.69) is 0 Å². The van der Waals surface area contributed by atoms with Crippen molar-refractivity contribution in [1.82, 2.24) is 0 Å². The Labute approximate surface area is 180 Å². The normalized spacial score (nSPS) is 15.2. The van der Waals surface area contributed by atoms with Crippen LogP contribution >= 0.6 is 0 Å². The zero-order chi connectivity index (χ0) is 24.3. The van der Waals surface area contributed by atoms with Gasteiger partial charge in [-0.3, -0.25) is 0 Å². The van der Waals surface area contributed by atoms with E-state index in [0.717, 1.165) is 0 Å². The van der Waals surface area contributed by atoms with Crippen LogP contribution in [0.4, 0.5) is 26.3 Å². The van der Waals surface area contributed by atoms with Crippen LogP contribution in [-0.2, 0) is 29.3 Å². The summed E-state index contributed by atoms with van der Waals surface area (Å²) in [4.78, 5) is 0. The van der Waals surface area contributed by atoms with Crippen LogP contribution in [0.25, 0.3) is 0 Å². The fraction of sp³-hybridized carbons (Fsp3) is 0.429. The van der Waals surface area contributed by atoms with E-state index >= 15 is 0 Å². The van der Waals surface area contributed by atoms with Crippen molar-refractivity contribution >= 4 is 0 Å². The number of hydrogen-bond acceptors (Lipinski definition) is 5. The van der Waals surface area contributed by atoms with Crippen LogP contribution in [0, 0.1) is 0 Å². The Hall–Kier alpha value is -2.50. The molecule has 3 N–H and O–H groups in total. The van der Waals surface area contributed by atoms with E-state index in [1.165, 1.54) is 27.2 Å². The molecule has 0 aromatic heterocycles. The van der Waals surface area contributed by atoms with Crippen molar-refractivity contribution in [2.24, 2.45) is 5.73 Å². The van der Waals surface area contributed by atoms with Crippen LogP contribution in [0.1, 0.15) is 35.6 Å². The molecule has 0 amide bonds. The Bertz CT molecular complexity index is 895. The third-order valence-electron chi connectivity index (χ3n) is 4.70. The maximum atomic E-state index is 13.0. The first kappa shape index (κ1) is 25.8. The molecule has 0 heterocycles. The van der Waals surface area contributed by atoms with Crippen LogP contribution < -0.4 is 15.2 Å². The first-order valence-corrected chi connectivity index (χ1v) is 9.28. The lowest BCUT2D eigenvalue weighted by molar-refractivity contribution is -0.143. The van der Waals surface area contributed by atoms with E-state index in [0.29, 0.717) is 29.2 Å². The Morgan fingerprint density at radius 1 is 0.906 bits per heavy atom. The highest BCUT2D eigenvalue weighted by Crippen LogP contribution is 2.38. The van der Waals surface area contributed by atoms with Crippen LogP contribution in [0.2, 0.25) is 0 Å². The Morgan fingerprint density at radius 3 is 1.94 bits per heavy atom. The number of aliphatic hydroxyl groups is 1. The molecule has 2 rings (SSSR count). The maximum absolute atomic E-state index is 13.0. The molecule has 2 aromatic carbocycles. The van der Waals surface area contributed by atoms with Crippen molar-refractivity contribution in [1.29, 1.82) is 0 Å². The first-order chi connectivity index (χ1) is 14.7. The Morgan fingerprint density at radius 2 is 1.47 bits per heavy atom. The van der Waals surface area contributed by atoms with Gasteiger partial charge < -0.3 is 25.1 Å². The van der Waals surface area contributed by atoms with Gasteiger partial charge >= 0.3 is 12.4 Å². The van der Waals surface area contributed by atoms with E-state index in [1.807, 2.05) is 0 Å². The van der Waals surface area contributed by atoms with Gasteiger partial charge in [-0.15, -0.1) is 0 Å². The minimum Gasteiger partial charge on any atom is -0.497 e. The smallest absolute Gasteiger partial charge is 0.416 e. The fourth-order valence-corrected chi connectivity index (χ4v) is 3.10. The molecule has 0 aliphatic rings. The van der Waals surface area contributed by atoms with Gasteiger partial charge in [-0.25, -0.2) is 0 Å². The number of ether oxygens (including phenoxy) is 3. The van der Waals surface area contributed by atoms with Gasteiger partial charge in [0.15, 0.2) is 0 Å². The standard InChI is InChI=1S/C21H23F6NO4/c1-19(29,16-9-15(30-2)4-5-17(16)31-3)10-18(28)32-11-12-6-13(20(22,23)24)8-14(7-12)21(25,26)27/h4-9,18,29H,10-11,28H2,1-3H3. The summed E-state index contributed by atoms with van der Waals surface area (Å²) in [5.74, 6) is 0.759. The van der Waals surface area contributed by atoms with E-state index in [4.69, 9.17) is 19.9 Å². The van der Waals surface area contributed by atoms with Crippen LogP contribution in [0.5, 0.6) is 11.5 Å². The lowest BCUT2D eigenvalue weighted by Crippen LogP contribution is -2.34. The molecule has 0 radical (unpaired) electrons. The Balaban J connectivity index is 2.20. The van der Waals surface area contributed by atoms with E-state index in [-0.39, 0.29) is 18.1 Å². The second-order valence-electron chi connectivity index (χ2n) is 7.31. The van der Waals surface area contributed by atoms with Crippen LogP contribution in [0.15, 0.2) is 36.4 Å². The molecule has 2 atom stereocenters. The number of methoxy groups -OCH3 is 2. The molecule has 0 aliphatic heterocycles. The Kier molecular flexibility index (Phi) is 7.69. The van der Waals surface area contributed by atoms with Crippen molar-refractivity contribution in [3.63, 3.8) is 0 Å². The van der Waals surface area contributed by atoms with Gasteiger partial charge in [-0.2, -0.15) is 26.3 Å². The number of halogens is 6. The monoisotopic (exact) mass is 467 g/mol. The summed E-state index contributed by atoms with van der Waals surface area (Å²) in [5, 5.41) is 10.9. The summed E-state index contributed by atoms with van der Waals surface area (Å²) in [5.41, 5.74) is 1.30. The third kappa shape index (κ3) is 6.50. The van der Waals surface area contributed by atoms with Gasteiger partial charge in [0.25, 0.3) is 0 Å². The molecule has 0 spiro atoms. The minimum absolute atomic E-state index is 0.0310. The molecule has 178 valence electrons. The zero-order valence-electron chi connectivity index (χ0n) is 17.5. The molecule has 0 saturated carbocycles. The van der Waals surface area contributed by atoms with Gasteiger partial charge in [0.2, 0.25) is 0 Å². The second kappa shape index (κ2) is 9.55. The van der Waals surface area contributed by atoms with Gasteiger partial charge in [-0.05, 0) is 48.9 Å². The number of hydrogen-bond donors (Lipinski definition) is 2. The molecule has 11 heteroatoms. The molecule has 0 aliphatic carbocycles. The van der Waals surface area contributed by atoms with Crippen molar-refractivity contribution in [2.75, 3.05) is 14.2 Å². The number of benzene rings is 2. The van der Waals surface area contributed by atoms with Crippen LogP contribution in [0.3, 0.4) is 0 Å². The average Bonchev–Trinajstić information content (AvgIpc) is 2.70. The van der Waals surface area contributed by atoms with Crippen molar-refractivity contribution in [2.45, 2.75) is 44.1 Å². The second-order valence-corrected chi connectivity index (χ2v) is 7.31. The molecular formula is C21H23F6NO4. The summed E-state index contributed by atoms with van der Waals surface area (Å²) in [6.45, 7) is 0.791. The number of nitrogens with two attached hydrogens (primary N) is 1. The SMILES string of the molecule is COc1ccc(OC)c(C(C)(O)CC(N)OCc2cc(C(F)(F)F)cc(C(F)(F)F)c2)c1. The summed E-state index contributed by atoms with van der Waals surface area (Å²) >= 11 is 0. The highest BCUT2D eigenvalue weighted by molar-refractivity contribution is 5.43. The van der Waals surface area contributed by atoms with Gasteiger partial charge in [-0.1, -0.05) is 0 Å². The molecule has 5 nitrogen and oxygen atoms in total.